The van der Waals surface area contributed by atoms with Crippen molar-refractivity contribution in [1.82, 2.24) is 0 Å². The van der Waals surface area contributed by atoms with Gasteiger partial charge in [0.25, 0.3) is 5.91 Å². The monoisotopic (exact) mass is 408 g/mol. The van der Waals surface area contributed by atoms with Gasteiger partial charge in [0.05, 0.1) is 16.9 Å². The Kier molecular flexibility index (Phi) is 5.98. The topological polar surface area (TPSA) is 84.5 Å². The Hall–Kier alpha value is -2.58. The summed E-state index contributed by atoms with van der Waals surface area (Å²) in [6.07, 6.45) is 0.388. The number of hydrogen-bond acceptors (Lipinski definition) is 5. The third kappa shape index (κ3) is 4.99. The molecule has 0 radical (unpaired) electrons. The lowest BCUT2D eigenvalue weighted by Crippen LogP contribution is -2.21. The number of hydrogen-bond donors (Lipinski definition) is 2. The van der Waals surface area contributed by atoms with E-state index in [4.69, 9.17) is 16.3 Å². The Morgan fingerprint density at radius 1 is 1.26 bits per heavy atom. The van der Waals surface area contributed by atoms with Gasteiger partial charge in [-0.2, -0.15) is 0 Å². The van der Waals surface area contributed by atoms with Crippen molar-refractivity contribution in [1.29, 1.82) is 0 Å². The van der Waals surface area contributed by atoms with E-state index in [0.29, 0.717) is 17.9 Å². The number of ether oxygens (including phenoxy) is 1. The number of benzene rings is 2. The Balaban J connectivity index is 1.61. The third-order valence-electron chi connectivity index (χ3n) is 3.61. The molecular formula is C18H14ClFN2O4S. The van der Waals surface area contributed by atoms with E-state index in [1.54, 1.807) is 12.1 Å². The van der Waals surface area contributed by atoms with Crippen LogP contribution in [0, 0.1) is 5.82 Å². The van der Waals surface area contributed by atoms with Gasteiger partial charge in [-0.3, -0.25) is 9.59 Å². The summed E-state index contributed by atoms with van der Waals surface area (Å²) in [7, 11) is 0. The number of esters is 1. The fourth-order valence-electron chi connectivity index (χ4n) is 2.34. The lowest BCUT2D eigenvalue weighted by molar-refractivity contribution is -0.119. The lowest BCUT2D eigenvalue weighted by atomic mass is 10.2. The minimum absolute atomic E-state index is 0.103. The van der Waals surface area contributed by atoms with Crippen LogP contribution in [-0.2, 0) is 14.3 Å². The third-order valence-corrected chi connectivity index (χ3v) is 4.92. The molecule has 0 aromatic heterocycles. The number of thioether (sulfide) groups is 1. The number of fused-ring (bicyclic) bond motifs is 1. The van der Waals surface area contributed by atoms with Crippen molar-refractivity contribution in [3.8, 4) is 0 Å². The second-order valence-corrected chi connectivity index (χ2v) is 7.18. The van der Waals surface area contributed by atoms with Crippen molar-refractivity contribution in [2.45, 2.75) is 11.3 Å². The van der Waals surface area contributed by atoms with E-state index in [1.807, 2.05) is 0 Å². The van der Waals surface area contributed by atoms with E-state index in [-0.39, 0.29) is 22.2 Å². The van der Waals surface area contributed by atoms with Gasteiger partial charge in [-0.1, -0.05) is 11.6 Å². The number of amides is 2. The van der Waals surface area contributed by atoms with E-state index in [9.17, 15) is 18.8 Å². The molecule has 6 nitrogen and oxygen atoms in total. The predicted octanol–water partition coefficient (Wildman–Crippen LogP) is 3.71. The van der Waals surface area contributed by atoms with Gasteiger partial charge >= 0.3 is 5.97 Å². The highest BCUT2D eigenvalue weighted by Gasteiger charge is 2.17. The average molecular weight is 409 g/mol. The van der Waals surface area contributed by atoms with Crippen molar-refractivity contribution in [3.05, 3.63) is 52.8 Å². The van der Waals surface area contributed by atoms with E-state index in [0.717, 1.165) is 11.0 Å². The molecule has 1 aliphatic heterocycles. The van der Waals surface area contributed by atoms with Crippen LogP contribution in [0.1, 0.15) is 16.8 Å². The molecular weight excluding hydrogens is 395 g/mol. The molecule has 1 heterocycles. The summed E-state index contributed by atoms with van der Waals surface area (Å²) in [6, 6.07) is 8.49. The lowest BCUT2D eigenvalue weighted by Gasteiger charge is -2.10. The second kappa shape index (κ2) is 8.41. The number of rotatable bonds is 4. The van der Waals surface area contributed by atoms with Crippen LogP contribution in [0.25, 0.3) is 0 Å². The Morgan fingerprint density at radius 3 is 2.89 bits per heavy atom. The molecule has 1 aliphatic rings. The highest BCUT2D eigenvalue weighted by molar-refractivity contribution is 7.99. The van der Waals surface area contributed by atoms with Gasteiger partial charge in [-0.15, -0.1) is 11.8 Å². The zero-order valence-electron chi connectivity index (χ0n) is 13.9. The van der Waals surface area contributed by atoms with Crippen LogP contribution in [0.4, 0.5) is 15.8 Å². The summed E-state index contributed by atoms with van der Waals surface area (Å²) in [5.41, 5.74) is 0.619. The molecule has 0 saturated carbocycles. The molecule has 2 aromatic rings. The van der Waals surface area contributed by atoms with Crippen LogP contribution < -0.4 is 10.6 Å². The molecule has 0 atom stereocenters. The molecule has 0 unspecified atom stereocenters. The zero-order valence-corrected chi connectivity index (χ0v) is 15.5. The Bertz CT molecular complexity index is 922. The first-order chi connectivity index (χ1) is 12.9. The Labute approximate surface area is 163 Å². The van der Waals surface area contributed by atoms with Gasteiger partial charge in [0.2, 0.25) is 5.91 Å². The largest absolute Gasteiger partial charge is 0.452 e. The predicted molar refractivity (Wildman–Crippen MR) is 101 cm³/mol. The summed E-state index contributed by atoms with van der Waals surface area (Å²) in [5.74, 6) is -1.57. The summed E-state index contributed by atoms with van der Waals surface area (Å²) in [5, 5.41) is 5.27. The smallest absolute Gasteiger partial charge is 0.338 e. The number of carbonyl (C=O) groups is 3. The normalized spacial score (nSPS) is 13.2. The first kappa shape index (κ1) is 19.2. The van der Waals surface area contributed by atoms with Gasteiger partial charge in [-0.25, -0.2) is 9.18 Å². The average Bonchev–Trinajstić information content (AvgIpc) is 2.82. The van der Waals surface area contributed by atoms with Gasteiger partial charge in [0.15, 0.2) is 6.61 Å². The highest BCUT2D eigenvalue weighted by Crippen LogP contribution is 2.31. The Morgan fingerprint density at radius 2 is 2.07 bits per heavy atom. The van der Waals surface area contributed by atoms with E-state index in [1.165, 1.54) is 30.0 Å². The fraction of sp³-hybridized carbons (Fsp3) is 0.167. The molecule has 3 rings (SSSR count). The molecule has 2 amide bonds. The van der Waals surface area contributed by atoms with Gasteiger partial charge in [0.1, 0.15) is 5.82 Å². The van der Waals surface area contributed by atoms with Crippen LogP contribution in [0.5, 0.6) is 0 Å². The van der Waals surface area contributed by atoms with Crippen LogP contribution in [0.2, 0.25) is 5.02 Å². The van der Waals surface area contributed by atoms with Crippen LogP contribution in [0.3, 0.4) is 0 Å². The van der Waals surface area contributed by atoms with Crippen molar-refractivity contribution in [2.75, 3.05) is 23.0 Å². The van der Waals surface area contributed by atoms with Crippen molar-refractivity contribution >= 4 is 52.5 Å². The molecule has 2 aromatic carbocycles. The van der Waals surface area contributed by atoms with E-state index >= 15 is 0 Å². The maximum atomic E-state index is 13.6. The number of anilines is 2. The molecule has 2 N–H and O–H groups in total. The summed E-state index contributed by atoms with van der Waals surface area (Å²) < 4.78 is 18.6. The minimum Gasteiger partial charge on any atom is -0.452 e. The number of carbonyl (C=O) groups excluding carboxylic acids is 3. The second-order valence-electron chi connectivity index (χ2n) is 5.61. The van der Waals surface area contributed by atoms with E-state index < -0.39 is 24.3 Å². The van der Waals surface area contributed by atoms with Gasteiger partial charge < -0.3 is 15.4 Å². The van der Waals surface area contributed by atoms with Crippen LogP contribution >= 0.6 is 23.4 Å². The first-order valence-corrected chi connectivity index (χ1v) is 9.27. The van der Waals surface area contributed by atoms with Gasteiger partial charge in [0, 0.05) is 22.1 Å². The van der Waals surface area contributed by atoms with Gasteiger partial charge in [-0.05, 0) is 36.4 Å². The minimum atomic E-state index is -0.733. The summed E-state index contributed by atoms with van der Waals surface area (Å²) >= 11 is 7.26. The maximum Gasteiger partial charge on any atom is 0.338 e. The SMILES string of the molecule is O=C(COC(=O)c1ccc2c(c1)NC(=O)CCS2)Nc1cc(Cl)ccc1F. The van der Waals surface area contributed by atoms with Crippen LogP contribution in [0.15, 0.2) is 41.3 Å². The van der Waals surface area contributed by atoms with E-state index in [2.05, 4.69) is 10.6 Å². The van der Waals surface area contributed by atoms with Crippen molar-refractivity contribution in [3.63, 3.8) is 0 Å². The molecule has 9 heteroatoms. The fourth-order valence-corrected chi connectivity index (χ4v) is 3.45. The molecule has 0 fully saturated rings. The molecule has 0 bridgehead atoms. The van der Waals surface area contributed by atoms with Crippen molar-refractivity contribution < 1.29 is 23.5 Å². The molecule has 27 heavy (non-hydrogen) atoms. The van der Waals surface area contributed by atoms with Crippen LogP contribution in [-0.4, -0.2) is 30.1 Å². The number of nitrogens with one attached hydrogen (secondary N) is 2. The highest BCUT2D eigenvalue weighted by atomic mass is 35.5. The number of halogens is 2. The maximum absolute atomic E-state index is 13.6. The molecule has 0 aliphatic carbocycles. The van der Waals surface area contributed by atoms with Crippen molar-refractivity contribution in [2.24, 2.45) is 0 Å². The standard InChI is InChI=1S/C18H14ClFN2O4S/c19-11-2-3-12(20)13(8-11)21-17(24)9-26-18(25)10-1-4-15-14(7-10)22-16(23)5-6-27-15/h1-4,7-8H,5-6,9H2,(H,21,24)(H,22,23). The zero-order chi connectivity index (χ0) is 19.4. The first-order valence-electron chi connectivity index (χ1n) is 7.91. The summed E-state index contributed by atoms with van der Waals surface area (Å²) in [6.45, 7) is -0.594. The quantitative estimate of drug-likeness (QED) is 0.753. The molecule has 0 saturated heterocycles. The summed E-state index contributed by atoms with van der Waals surface area (Å²) in [4.78, 5) is 36.5. The molecule has 0 spiro atoms. The molecule has 140 valence electrons.